The normalized spacial score (nSPS) is 11.0. The van der Waals surface area contributed by atoms with Crippen LogP contribution in [-0.2, 0) is 17.8 Å². The van der Waals surface area contributed by atoms with Crippen molar-refractivity contribution in [1.82, 2.24) is 19.3 Å². The van der Waals surface area contributed by atoms with Crippen molar-refractivity contribution in [2.75, 3.05) is 37.4 Å². The van der Waals surface area contributed by atoms with E-state index < -0.39 is 11.2 Å². The Balaban J connectivity index is 1.75. The minimum atomic E-state index is -0.504. The molecule has 0 aliphatic carbocycles. The molecule has 0 bridgehead atoms. The predicted molar refractivity (Wildman–Crippen MR) is 126 cm³/mol. The maximum absolute atomic E-state index is 12.8. The van der Waals surface area contributed by atoms with Gasteiger partial charge in [-0.25, -0.2) is 4.79 Å². The predicted octanol–water partition coefficient (Wildman–Crippen LogP) is 2.08. The second-order valence-electron chi connectivity index (χ2n) is 7.73. The SMILES string of the molecule is COCCCN(CCCCCn1cccn1)c1c(N)n(Cc2ccccc2)c(=O)[nH]c1=O. The summed E-state index contributed by atoms with van der Waals surface area (Å²) in [6.07, 6.45) is 7.35. The van der Waals surface area contributed by atoms with Crippen LogP contribution >= 0.6 is 0 Å². The van der Waals surface area contributed by atoms with E-state index in [2.05, 4.69) is 10.1 Å². The molecular weight excluding hydrogens is 408 g/mol. The number of aromatic nitrogens is 4. The molecule has 0 spiro atoms. The number of hydrogen-bond acceptors (Lipinski definition) is 6. The number of aromatic amines is 1. The number of nitrogens with one attached hydrogen (secondary N) is 1. The van der Waals surface area contributed by atoms with Crippen molar-refractivity contribution in [3.8, 4) is 0 Å². The molecule has 0 aliphatic heterocycles. The van der Waals surface area contributed by atoms with Crippen molar-refractivity contribution in [3.63, 3.8) is 0 Å². The van der Waals surface area contributed by atoms with Crippen LogP contribution in [-0.4, -0.2) is 46.1 Å². The first-order valence-corrected chi connectivity index (χ1v) is 11.0. The highest BCUT2D eigenvalue weighted by molar-refractivity contribution is 5.62. The van der Waals surface area contributed by atoms with Crippen molar-refractivity contribution in [2.24, 2.45) is 0 Å². The fourth-order valence-corrected chi connectivity index (χ4v) is 3.73. The molecule has 172 valence electrons. The Hall–Kier alpha value is -3.33. The van der Waals surface area contributed by atoms with Crippen LogP contribution in [0, 0.1) is 0 Å². The largest absolute Gasteiger partial charge is 0.385 e. The van der Waals surface area contributed by atoms with Crippen LogP contribution in [0.15, 0.2) is 58.4 Å². The molecule has 9 heteroatoms. The standard InChI is InChI=1S/C23H32N6O3/c1-32-17-9-14-27(13-6-3-7-15-28-16-8-12-25-28)20-21(24)29(23(31)26-22(20)30)18-19-10-4-2-5-11-19/h2,4-5,8,10-12,16H,3,6-7,9,13-15,17-18,24H2,1H3,(H,26,30,31). The molecule has 0 saturated heterocycles. The quantitative estimate of drug-likeness (QED) is 0.394. The van der Waals surface area contributed by atoms with Crippen LogP contribution in [0.5, 0.6) is 0 Å². The van der Waals surface area contributed by atoms with Gasteiger partial charge in [-0.1, -0.05) is 30.3 Å². The number of H-pyrrole nitrogens is 1. The fraction of sp³-hybridized carbons (Fsp3) is 0.435. The van der Waals surface area contributed by atoms with Crippen LogP contribution < -0.4 is 21.9 Å². The third kappa shape index (κ3) is 6.34. The summed E-state index contributed by atoms with van der Waals surface area (Å²) in [5.41, 5.74) is 6.72. The average Bonchev–Trinajstić information content (AvgIpc) is 3.30. The Morgan fingerprint density at radius 1 is 1.06 bits per heavy atom. The highest BCUT2D eigenvalue weighted by Crippen LogP contribution is 2.19. The first kappa shape index (κ1) is 23.3. The van der Waals surface area contributed by atoms with Gasteiger partial charge in [-0.05, 0) is 37.3 Å². The van der Waals surface area contributed by atoms with Crippen molar-refractivity contribution >= 4 is 11.5 Å². The number of ether oxygens (including phenoxy) is 1. The van der Waals surface area contributed by atoms with Crippen molar-refractivity contribution in [3.05, 3.63) is 75.2 Å². The van der Waals surface area contributed by atoms with Gasteiger partial charge in [0.1, 0.15) is 11.5 Å². The summed E-state index contributed by atoms with van der Waals surface area (Å²) in [4.78, 5) is 29.7. The van der Waals surface area contributed by atoms with Gasteiger partial charge >= 0.3 is 5.69 Å². The smallest absolute Gasteiger partial charge is 0.330 e. The van der Waals surface area contributed by atoms with E-state index in [1.165, 1.54) is 4.57 Å². The summed E-state index contributed by atoms with van der Waals surface area (Å²) in [7, 11) is 1.65. The van der Waals surface area contributed by atoms with Crippen LogP contribution in [0.1, 0.15) is 31.2 Å². The van der Waals surface area contributed by atoms with E-state index in [1.807, 2.05) is 52.2 Å². The molecular formula is C23H32N6O3. The number of hydrogen-bond donors (Lipinski definition) is 2. The number of nitrogens with two attached hydrogens (primary N) is 1. The summed E-state index contributed by atoms with van der Waals surface area (Å²) in [5.74, 6) is 0.191. The maximum Gasteiger partial charge on any atom is 0.330 e. The Morgan fingerprint density at radius 2 is 1.84 bits per heavy atom. The Bertz CT molecular complexity index is 1060. The van der Waals surface area contributed by atoms with Crippen molar-refractivity contribution in [1.29, 1.82) is 0 Å². The minimum absolute atomic E-state index is 0.191. The van der Waals surface area contributed by atoms with E-state index >= 15 is 0 Å². The summed E-state index contributed by atoms with van der Waals surface area (Å²) in [6, 6.07) is 11.5. The van der Waals surface area contributed by atoms with Crippen LogP contribution in [0.2, 0.25) is 0 Å². The van der Waals surface area contributed by atoms with E-state index in [1.54, 1.807) is 13.3 Å². The lowest BCUT2D eigenvalue weighted by Crippen LogP contribution is -2.39. The number of anilines is 2. The molecule has 1 aromatic carbocycles. The molecule has 0 saturated carbocycles. The van der Waals surface area contributed by atoms with Gasteiger partial charge in [0, 0.05) is 45.7 Å². The molecule has 3 rings (SSSR count). The number of methoxy groups -OCH3 is 1. The van der Waals surface area contributed by atoms with Crippen LogP contribution in [0.3, 0.4) is 0 Å². The van der Waals surface area contributed by atoms with Gasteiger partial charge in [0.2, 0.25) is 0 Å². The van der Waals surface area contributed by atoms with Gasteiger partial charge in [-0.15, -0.1) is 0 Å². The zero-order valence-corrected chi connectivity index (χ0v) is 18.6. The van der Waals surface area contributed by atoms with Gasteiger partial charge in [0.15, 0.2) is 0 Å². The van der Waals surface area contributed by atoms with E-state index in [9.17, 15) is 9.59 Å². The molecule has 0 radical (unpaired) electrons. The first-order valence-electron chi connectivity index (χ1n) is 11.0. The number of rotatable bonds is 13. The molecule has 32 heavy (non-hydrogen) atoms. The Kier molecular flexibility index (Phi) is 8.68. The zero-order valence-electron chi connectivity index (χ0n) is 18.6. The van der Waals surface area contributed by atoms with E-state index in [0.717, 1.165) is 37.8 Å². The van der Waals surface area contributed by atoms with E-state index in [4.69, 9.17) is 10.5 Å². The van der Waals surface area contributed by atoms with E-state index in [-0.39, 0.29) is 5.82 Å². The number of unbranched alkanes of at least 4 members (excludes halogenated alkanes) is 2. The second kappa shape index (κ2) is 11.9. The first-order chi connectivity index (χ1) is 15.6. The molecule has 0 unspecified atom stereocenters. The van der Waals surface area contributed by atoms with Gasteiger partial charge in [0.25, 0.3) is 5.56 Å². The molecule has 0 aliphatic rings. The topological polar surface area (TPSA) is 111 Å². The van der Waals surface area contributed by atoms with Gasteiger partial charge in [-0.3, -0.25) is 19.0 Å². The number of nitrogen functional groups attached to an aromatic ring is 1. The summed E-state index contributed by atoms with van der Waals surface area (Å²) in [6.45, 7) is 3.02. The molecule has 2 heterocycles. The number of benzene rings is 1. The van der Waals surface area contributed by atoms with E-state index in [0.29, 0.717) is 31.9 Å². The second-order valence-corrected chi connectivity index (χ2v) is 7.73. The molecule has 9 nitrogen and oxygen atoms in total. The Labute approximate surface area is 187 Å². The van der Waals surface area contributed by atoms with Gasteiger partial charge < -0.3 is 15.4 Å². The number of nitrogens with zero attached hydrogens (tertiary/aromatic N) is 4. The minimum Gasteiger partial charge on any atom is -0.385 e. The maximum atomic E-state index is 12.8. The number of aryl methyl sites for hydroxylation is 1. The monoisotopic (exact) mass is 440 g/mol. The third-order valence-corrected chi connectivity index (χ3v) is 5.36. The van der Waals surface area contributed by atoms with Crippen LogP contribution in [0.4, 0.5) is 11.5 Å². The van der Waals surface area contributed by atoms with Crippen molar-refractivity contribution in [2.45, 2.75) is 38.8 Å². The highest BCUT2D eigenvalue weighted by atomic mass is 16.5. The average molecular weight is 441 g/mol. The Morgan fingerprint density at radius 3 is 2.56 bits per heavy atom. The lowest BCUT2D eigenvalue weighted by molar-refractivity contribution is 0.196. The molecule has 3 N–H and O–H groups in total. The van der Waals surface area contributed by atoms with Crippen LogP contribution in [0.25, 0.3) is 0 Å². The third-order valence-electron chi connectivity index (χ3n) is 5.36. The highest BCUT2D eigenvalue weighted by Gasteiger charge is 2.18. The van der Waals surface area contributed by atoms with Gasteiger partial charge in [-0.2, -0.15) is 5.10 Å². The molecule has 0 fully saturated rings. The summed E-state index contributed by atoms with van der Waals surface area (Å²) in [5, 5.41) is 4.22. The lowest BCUT2D eigenvalue weighted by atomic mass is 10.2. The molecule has 2 aromatic heterocycles. The van der Waals surface area contributed by atoms with Crippen molar-refractivity contribution < 1.29 is 4.74 Å². The summed E-state index contributed by atoms with van der Waals surface area (Å²) < 4.78 is 8.52. The summed E-state index contributed by atoms with van der Waals surface area (Å²) >= 11 is 0. The molecule has 3 aromatic rings. The van der Waals surface area contributed by atoms with Gasteiger partial charge in [0.05, 0.1) is 6.54 Å². The molecule has 0 amide bonds. The lowest BCUT2D eigenvalue weighted by Gasteiger charge is -2.26. The fourth-order valence-electron chi connectivity index (χ4n) is 3.73. The molecule has 0 atom stereocenters. The zero-order chi connectivity index (χ0) is 22.8.